The second-order valence-electron chi connectivity index (χ2n) is 4.29. The molecular formula is C10H16ClN3O2S2. The Kier molecular flexibility index (Phi) is 5.30. The minimum atomic E-state index is -3.30. The molecule has 0 aliphatic rings. The predicted octanol–water partition coefficient (Wildman–Crippen LogP) is 2.00. The van der Waals surface area contributed by atoms with Gasteiger partial charge in [-0.2, -0.15) is 0 Å². The smallest absolute Gasteiger partial charge is 0.271 e. The van der Waals surface area contributed by atoms with Crippen LogP contribution in [0, 0.1) is 5.92 Å². The molecule has 2 atom stereocenters. The molecule has 0 saturated heterocycles. The van der Waals surface area contributed by atoms with Gasteiger partial charge in [-0.05, 0) is 23.8 Å². The number of thiophene rings is 1. The lowest BCUT2D eigenvalue weighted by Crippen LogP contribution is -2.32. The van der Waals surface area contributed by atoms with E-state index in [4.69, 9.17) is 22.5 Å². The Morgan fingerprint density at radius 2 is 2.22 bits per heavy atom. The number of nitrogens with zero attached hydrogens (tertiary/aromatic N) is 1. The number of nitrogens with two attached hydrogens (primary N) is 2. The van der Waals surface area contributed by atoms with Gasteiger partial charge in [0.15, 0.2) is 0 Å². The second-order valence-corrected chi connectivity index (χ2v) is 7.57. The summed E-state index contributed by atoms with van der Waals surface area (Å²) in [5, 5.41) is 7.20. The monoisotopic (exact) mass is 309 g/mol. The molecular weight excluding hydrogens is 294 g/mol. The van der Waals surface area contributed by atoms with E-state index in [1.165, 1.54) is 17.4 Å². The molecule has 0 radical (unpaired) electrons. The Balaban J connectivity index is 2.99. The number of carbonyl (C=O) groups excluding carboxylic acids is 1. The normalized spacial score (nSPS) is 16.3. The summed E-state index contributed by atoms with van der Waals surface area (Å²) in [6, 6.07) is 0.715. The molecule has 1 amide bonds. The van der Waals surface area contributed by atoms with Crippen molar-refractivity contribution in [3.05, 3.63) is 15.8 Å². The van der Waals surface area contributed by atoms with Crippen molar-refractivity contribution in [3.8, 4) is 0 Å². The Hall–Kier alpha value is -0.470. The first-order chi connectivity index (χ1) is 8.24. The van der Waals surface area contributed by atoms with E-state index in [-0.39, 0.29) is 15.1 Å². The first-order valence-electron chi connectivity index (χ1n) is 5.31. The van der Waals surface area contributed by atoms with E-state index in [0.717, 1.165) is 0 Å². The van der Waals surface area contributed by atoms with Crippen LogP contribution in [-0.2, 0) is 14.7 Å². The van der Waals surface area contributed by atoms with Crippen LogP contribution in [-0.4, -0.2) is 16.2 Å². The number of amides is 1. The fourth-order valence-electron chi connectivity index (χ4n) is 1.35. The van der Waals surface area contributed by atoms with Gasteiger partial charge in [-0.1, -0.05) is 25.4 Å². The van der Waals surface area contributed by atoms with Crippen LogP contribution >= 0.6 is 22.9 Å². The lowest BCUT2D eigenvalue weighted by Gasteiger charge is -2.10. The first-order valence-corrected chi connectivity index (χ1v) is 8.15. The van der Waals surface area contributed by atoms with Crippen molar-refractivity contribution in [2.24, 2.45) is 21.2 Å². The van der Waals surface area contributed by atoms with Crippen LogP contribution in [0.5, 0.6) is 0 Å². The summed E-state index contributed by atoms with van der Waals surface area (Å²) >= 11 is 7.01. The third kappa shape index (κ3) is 4.03. The maximum absolute atomic E-state index is 12.1. The van der Waals surface area contributed by atoms with Gasteiger partial charge < -0.3 is 5.73 Å². The average molecular weight is 310 g/mol. The molecule has 1 aromatic heterocycles. The Labute approximate surface area is 116 Å². The zero-order valence-electron chi connectivity index (χ0n) is 10.1. The van der Waals surface area contributed by atoms with Crippen molar-refractivity contribution in [3.63, 3.8) is 0 Å². The van der Waals surface area contributed by atoms with E-state index in [2.05, 4.69) is 4.36 Å². The highest BCUT2D eigenvalue weighted by Gasteiger charge is 2.19. The Bertz CT molecular complexity index is 547. The molecule has 5 nitrogen and oxygen atoms in total. The molecule has 1 unspecified atom stereocenters. The molecule has 1 rings (SSSR count). The number of halogens is 1. The molecule has 8 heteroatoms. The van der Waals surface area contributed by atoms with Gasteiger partial charge in [-0.25, -0.2) is 9.35 Å². The molecule has 0 aromatic carbocycles. The standard InChI is InChI=1S/C10H16ClN3O2S2/c1-6(2)5-7(12)10(15)14-18(13,16)8-3-4-17-9(8)11/h3-4,6-7H,5,12H2,1-2H3,(H2,13,14,15,16)/t7-,18?/m0/s1. The molecule has 102 valence electrons. The van der Waals surface area contributed by atoms with Crippen molar-refractivity contribution in [1.29, 1.82) is 0 Å². The van der Waals surface area contributed by atoms with E-state index in [1.54, 1.807) is 5.38 Å². The van der Waals surface area contributed by atoms with Gasteiger partial charge in [-0.15, -0.1) is 15.7 Å². The number of rotatable bonds is 4. The molecule has 0 aliphatic carbocycles. The van der Waals surface area contributed by atoms with Crippen LogP contribution in [0.15, 0.2) is 20.7 Å². The topological polar surface area (TPSA) is 98.5 Å². The number of carbonyl (C=O) groups is 1. The molecule has 4 N–H and O–H groups in total. The van der Waals surface area contributed by atoms with Crippen molar-refractivity contribution in [1.82, 2.24) is 0 Å². The second kappa shape index (κ2) is 6.12. The highest BCUT2D eigenvalue weighted by molar-refractivity contribution is 7.92. The molecule has 0 saturated carbocycles. The van der Waals surface area contributed by atoms with Gasteiger partial charge in [0.25, 0.3) is 5.91 Å². The number of hydrogen-bond donors (Lipinski definition) is 2. The van der Waals surface area contributed by atoms with Gasteiger partial charge in [0.05, 0.1) is 10.9 Å². The maximum Gasteiger partial charge on any atom is 0.271 e. The van der Waals surface area contributed by atoms with Crippen molar-refractivity contribution < 1.29 is 9.00 Å². The van der Waals surface area contributed by atoms with Crippen LogP contribution in [0.3, 0.4) is 0 Å². The summed E-state index contributed by atoms with van der Waals surface area (Å²) in [6.45, 7) is 3.87. The highest BCUT2D eigenvalue weighted by atomic mass is 35.5. The van der Waals surface area contributed by atoms with Crippen LogP contribution < -0.4 is 10.9 Å². The lowest BCUT2D eigenvalue weighted by atomic mass is 10.0. The van der Waals surface area contributed by atoms with Crippen molar-refractivity contribution in [2.45, 2.75) is 31.2 Å². The molecule has 0 bridgehead atoms. The molecule has 18 heavy (non-hydrogen) atoms. The lowest BCUT2D eigenvalue weighted by molar-refractivity contribution is -0.119. The van der Waals surface area contributed by atoms with Gasteiger partial charge >= 0.3 is 0 Å². The Morgan fingerprint density at radius 1 is 1.61 bits per heavy atom. The summed E-state index contributed by atoms with van der Waals surface area (Å²) in [7, 11) is -3.30. The van der Waals surface area contributed by atoms with Gasteiger partial charge in [0.2, 0.25) is 0 Å². The first kappa shape index (κ1) is 15.6. The van der Waals surface area contributed by atoms with Gasteiger partial charge in [-0.3, -0.25) is 4.79 Å². The summed E-state index contributed by atoms with van der Waals surface area (Å²) in [5.41, 5.74) is 5.66. The SMILES string of the molecule is CC(C)C[C@H](N)C(=O)N=S(N)(=O)c1ccsc1Cl. The molecule has 1 heterocycles. The van der Waals surface area contributed by atoms with Crippen LogP contribution in [0.1, 0.15) is 20.3 Å². The van der Waals surface area contributed by atoms with E-state index >= 15 is 0 Å². The third-order valence-corrected chi connectivity index (χ3v) is 5.00. The predicted molar refractivity (Wildman–Crippen MR) is 74.8 cm³/mol. The molecule has 0 spiro atoms. The van der Waals surface area contributed by atoms with E-state index in [1.807, 2.05) is 13.8 Å². The minimum absolute atomic E-state index is 0.180. The largest absolute Gasteiger partial charge is 0.320 e. The van der Waals surface area contributed by atoms with E-state index in [0.29, 0.717) is 6.42 Å². The fourth-order valence-corrected chi connectivity index (χ4v) is 3.99. The summed E-state index contributed by atoms with van der Waals surface area (Å²) in [4.78, 5) is 11.9. The highest BCUT2D eigenvalue weighted by Crippen LogP contribution is 2.27. The molecule has 1 aromatic rings. The number of hydrogen-bond acceptors (Lipinski definition) is 4. The summed E-state index contributed by atoms with van der Waals surface area (Å²) in [6.07, 6.45) is 0.467. The van der Waals surface area contributed by atoms with Gasteiger partial charge in [0, 0.05) is 0 Å². The van der Waals surface area contributed by atoms with Crippen LogP contribution in [0.25, 0.3) is 0 Å². The van der Waals surface area contributed by atoms with E-state index < -0.39 is 21.9 Å². The quantitative estimate of drug-likeness (QED) is 0.889. The van der Waals surface area contributed by atoms with Crippen molar-refractivity contribution >= 4 is 38.8 Å². The minimum Gasteiger partial charge on any atom is -0.320 e. The third-order valence-electron chi connectivity index (χ3n) is 2.17. The summed E-state index contributed by atoms with van der Waals surface area (Å²) in [5.74, 6) is -0.406. The zero-order valence-corrected chi connectivity index (χ0v) is 12.5. The van der Waals surface area contributed by atoms with E-state index in [9.17, 15) is 9.00 Å². The Morgan fingerprint density at radius 3 is 2.67 bits per heavy atom. The maximum atomic E-state index is 12.1. The molecule has 0 aliphatic heterocycles. The van der Waals surface area contributed by atoms with Crippen molar-refractivity contribution in [2.75, 3.05) is 0 Å². The average Bonchev–Trinajstić information content (AvgIpc) is 2.63. The van der Waals surface area contributed by atoms with Crippen LogP contribution in [0.2, 0.25) is 4.34 Å². The van der Waals surface area contributed by atoms with Crippen LogP contribution in [0.4, 0.5) is 0 Å². The van der Waals surface area contributed by atoms with Gasteiger partial charge in [0.1, 0.15) is 14.3 Å². The molecule has 0 fully saturated rings. The fraction of sp³-hybridized carbons (Fsp3) is 0.500. The summed E-state index contributed by atoms with van der Waals surface area (Å²) < 4.78 is 15.9. The zero-order chi connectivity index (χ0) is 13.9.